The number of carbonyl (C=O) groups excluding carboxylic acids is 1. The molecule has 0 saturated heterocycles. The van der Waals surface area contributed by atoms with Crippen LogP contribution in [0.5, 0.6) is 0 Å². The molecule has 0 unspecified atom stereocenters. The third-order valence-corrected chi connectivity index (χ3v) is 3.91. The van der Waals surface area contributed by atoms with Crippen molar-refractivity contribution in [3.63, 3.8) is 0 Å². The van der Waals surface area contributed by atoms with Gasteiger partial charge in [0.25, 0.3) is 0 Å². The molecule has 0 fully saturated rings. The van der Waals surface area contributed by atoms with Gasteiger partial charge in [-0.05, 0) is 37.5 Å². The van der Waals surface area contributed by atoms with Crippen molar-refractivity contribution in [3.8, 4) is 5.69 Å². The summed E-state index contributed by atoms with van der Waals surface area (Å²) in [6.07, 6.45) is 5.03. The Balaban J connectivity index is 2.14. The number of carbonyl (C=O) groups is 1. The molecule has 19 heavy (non-hydrogen) atoms. The number of rotatable bonds is 1. The van der Waals surface area contributed by atoms with Gasteiger partial charge in [0.05, 0.1) is 28.2 Å². The van der Waals surface area contributed by atoms with E-state index in [1.54, 1.807) is 23.0 Å². The number of hydrogen-bond donors (Lipinski definition) is 0. The van der Waals surface area contributed by atoms with Crippen molar-refractivity contribution in [2.75, 3.05) is 0 Å². The van der Waals surface area contributed by atoms with E-state index < -0.39 is 0 Å². The van der Waals surface area contributed by atoms with Gasteiger partial charge in [0.2, 0.25) is 0 Å². The minimum Gasteiger partial charge on any atom is -0.294 e. The molecule has 1 aromatic heterocycles. The summed E-state index contributed by atoms with van der Waals surface area (Å²) in [5.41, 5.74) is 2.44. The van der Waals surface area contributed by atoms with E-state index >= 15 is 0 Å². The van der Waals surface area contributed by atoms with Crippen LogP contribution in [-0.2, 0) is 6.42 Å². The van der Waals surface area contributed by atoms with Crippen LogP contribution in [0, 0.1) is 0 Å². The molecule has 0 N–H and O–H groups in total. The van der Waals surface area contributed by atoms with Gasteiger partial charge >= 0.3 is 0 Å². The minimum atomic E-state index is 0.170. The predicted octanol–water partition coefficient (Wildman–Crippen LogP) is 4.09. The predicted molar refractivity (Wildman–Crippen MR) is 75.5 cm³/mol. The van der Waals surface area contributed by atoms with Crippen LogP contribution in [0.1, 0.15) is 35.3 Å². The molecule has 0 amide bonds. The smallest absolute Gasteiger partial charge is 0.166 e. The summed E-state index contributed by atoms with van der Waals surface area (Å²) < 4.78 is 1.76. The fraction of sp³-hybridized carbons (Fsp3) is 0.286. The van der Waals surface area contributed by atoms with E-state index in [-0.39, 0.29) is 5.78 Å². The molecule has 98 valence electrons. The SMILES string of the molecule is O=C1CCCCc2c1cnn2-c1ccc(Cl)cc1Cl. The summed E-state index contributed by atoms with van der Waals surface area (Å²) in [6, 6.07) is 5.29. The minimum absolute atomic E-state index is 0.170. The highest BCUT2D eigenvalue weighted by Gasteiger charge is 2.21. The van der Waals surface area contributed by atoms with Crippen LogP contribution in [-0.4, -0.2) is 15.6 Å². The summed E-state index contributed by atoms with van der Waals surface area (Å²) in [6.45, 7) is 0. The van der Waals surface area contributed by atoms with Crippen molar-refractivity contribution in [1.29, 1.82) is 0 Å². The number of fused-ring (bicyclic) bond motifs is 1. The van der Waals surface area contributed by atoms with E-state index in [2.05, 4.69) is 5.10 Å². The number of nitrogens with zero attached hydrogens (tertiary/aromatic N) is 2. The van der Waals surface area contributed by atoms with E-state index in [1.165, 1.54) is 0 Å². The molecule has 1 heterocycles. The molecule has 0 atom stereocenters. The van der Waals surface area contributed by atoms with Gasteiger partial charge < -0.3 is 0 Å². The molecular formula is C14H12Cl2N2O. The second-order valence-corrected chi connectivity index (χ2v) is 5.49. The molecule has 1 aliphatic carbocycles. The van der Waals surface area contributed by atoms with E-state index in [0.717, 1.165) is 36.2 Å². The van der Waals surface area contributed by atoms with Crippen LogP contribution in [0.4, 0.5) is 0 Å². The summed E-state index contributed by atoms with van der Waals surface area (Å²) >= 11 is 12.1. The Bertz CT molecular complexity index is 649. The maximum atomic E-state index is 12.0. The van der Waals surface area contributed by atoms with Crippen LogP contribution in [0.3, 0.4) is 0 Å². The molecule has 0 saturated carbocycles. The quantitative estimate of drug-likeness (QED) is 0.743. The third kappa shape index (κ3) is 2.28. The normalized spacial score (nSPS) is 15.2. The third-order valence-electron chi connectivity index (χ3n) is 3.37. The van der Waals surface area contributed by atoms with Gasteiger partial charge in [0, 0.05) is 11.4 Å². The van der Waals surface area contributed by atoms with E-state index in [1.807, 2.05) is 6.07 Å². The molecule has 0 spiro atoms. The first-order valence-electron chi connectivity index (χ1n) is 6.22. The lowest BCUT2D eigenvalue weighted by molar-refractivity contribution is 0.0982. The maximum absolute atomic E-state index is 12.0. The zero-order chi connectivity index (χ0) is 13.4. The first-order chi connectivity index (χ1) is 9.16. The Morgan fingerprint density at radius 1 is 1.16 bits per heavy atom. The zero-order valence-corrected chi connectivity index (χ0v) is 11.7. The summed E-state index contributed by atoms with van der Waals surface area (Å²) in [7, 11) is 0. The van der Waals surface area contributed by atoms with Crippen molar-refractivity contribution < 1.29 is 4.79 Å². The average Bonchev–Trinajstić information content (AvgIpc) is 2.69. The van der Waals surface area contributed by atoms with Crippen molar-refractivity contribution in [2.24, 2.45) is 0 Å². The first-order valence-corrected chi connectivity index (χ1v) is 6.98. The van der Waals surface area contributed by atoms with Gasteiger partial charge in [-0.2, -0.15) is 5.10 Å². The number of halogens is 2. The van der Waals surface area contributed by atoms with Crippen LogP contribution in [0.15, 0.2) is 24.4 Å². The lowest BCUT2D eigenvalue weighted by Gasteiger charge is -2.09. The van der Waals surface area contributed by atoms with Crippen molar-refractivity contribution in [3.05, 3.63) is 45.7 Å². The molecule has 0 aliphatic heterocycles. The second-order valence-electron chi connectivity index (χ2n) is 4.64. The van der Waals surface area contributed by atoms with Crippen molar-refractivity contribution in [1.82, 2.24) is 9.78 Å². The number of ketones is 1. The van der Waals surface area contributed by atoms with Gasteiger partial charge in [-0.15, -0.1) is 0 Å². The Morgan fingerprint density at radius 2 is 1.95 bits per heavy atom. The number of benzene rings is 1. The van der Waals surface area contributed by atoms with Crippen LogP contribution in [0.2, 0.25) is 10.0 Å². The number of Topliss-reactive ketones (excluding diaryl/α,β-unsaturated/α-hetero) is 1. The fourth-order valence-electron chi connectivity index (χ4n) is 2.42. The molecule has 3 rings (SSSR count). The summed E-state index contributed by atoms with van der Waals surface area (Å²) in [5, 5.41) is 5.44. The Morgan fingerprint density at radius 3 is 2.74 bits per heavy atom. The highest BCUT2D eigenvalue weighted by molar-refractivity contribution is 6.35. The summed E-state index contributed by atoms with van der Waals surface area (Å²) in [4.78, 5) is 12.0. The molecule has 5 heteroatoms. The molecule has 2 aromatic rings. The highest BCUT2D eigenvalue weighted by atomic mass is 35.5. The molecule has 0 radical (unpaired) electrons. The van der Waals surface area contributed by atoms with Crippen LogP contribution in [0.25, 0.3) is 5.69 Å². The molecular weight excluding hydrogens is 283 g/mol. The number of hydrogen-bond acceptors (Lipinski definition) is 2. The molecule has 0 bridgehead atoms. The largest absolute Gasteiger partial charge is 0.294 e. The van der Waals surface area contributed by atoms with Gasteiger partial charge in [-0.1, -0.05) is 23.2 Å². The van der Waals surface area contributed by atoms with E-state index in [0.29, 0.717) is 16.5 Å². The Labute approximate surface area is 121 Å². The summed E-state index contributed by atoms with van der Waals surface area (Å²) in [5.74, 6) is 0.170. The van der Waals surface area contributed by atoms with Gasteiger partial charge in [-0.3, -0.25) is 4.79 Å². The second kappa shape index (κ2) is 4.99. The molecule has 1 aromatic carbocycles. The lowest BCUT2D eigenvalue weighted by atomic mass is 10.1. The highest BCUT2D eigenvalue weighted by Crippen LogP contribution is 2.28. The zero-order valence-electron chi connectivity index (χ0n) is 10.2. The maximum Gasteiger partial charge on any atom is 0.166 e. The van der Waals surface area contributed by atoms with E-state index in [9.17, 15) is 4.79 Å². The standard InChI is InChI=1S/C14H12Cl2N2O/c15-9-5-6-13(11(16)7-9)18-12-3-1-2-4-14(19)10(12)8-17-18/h5-8H,1-4H2. The van der Waals surface area contributed by atoms with Crippen molar-refractivity contribution >= 4 is 29.0 Å². The van der Waals surface area contributed by atoms with Gasteiger partial charge in [0.15, 0.2) is 5.78 Å². The van der Waals surface area contributed by atoms with Crippen LogP contribution < -0.4 is 0 Å². The molecule has 1 aliphatic rings. The van der Waals surface area contributed by atoms with Crippen molar-refractivity contribution in [2.45, 2.75) is 25.7 Å². The van der Waals surface area contributed by atoms with Gasteiger partial charge in [-0.25, -0.2) is 4.68 Å². The first kappa shape index (κ1) is 12.7. The fourth-order valence-corrected chi connectivity index (χ4v) is 2.91. The topological polar surface area (TPSA) is 34.9 Å². The van der Waals surface area contributed by atoms with Crippen LogP contribution >= 0.6 is 23.2 Å². The van der Waals surface area contributed by atoms with Gasteiger partial charge in [0.1, 0.15) is 0 Å². The Hall–Kier alpha value is -1.32. The number of aromatic nitrogens is 2. The van der Waals surface area contributed by atoms with E-state index in [4.69, 9.17) is 23.2 Å². The monoisotopic (exact) mass is 294 g/mol. The Kier molecular flexibility index (Phi) is 3.33. The average molecular weight is 295 g/mol. The molecule has 3 nitrogen and oxygen atoms in total. The lowest BCUT2D eigenvalue weighted by Crippen LogP contribution is -2.05.